The molecule has 0 fully saturated rings. The van der Waals surface area contributed by atoms with Crippen LogP contribution in [0.1, 0.15) is 21.0 Å². The van der Waals surface area contributed by atoms with E-state index in [1.54, 1.807) is 24.3 Å². The number of nitrogens with one attached hydrogen (secondary N) is 2. The van der Waals surface area contributed by atoms with Gasteiger partial charge in [0.05, 0.1) is 15.9 Å². The van der Waals surface area contributed by atoms with Gasteiger partial charge in [-0.05, 0) is 29.8 Å². The van der Waals surface area contributed by atoms with E-state index < -0.39 is 33.6 Å². The highest BCUT2D eigenvalue weighted by atomic mass is 32.1. The molecule has 174 valence electrons. The number of nitrogens with zero attached hydrogens (tertiary/aromatic N) is 3. The molecule has 0 aliphatic carbocycles. The van der Waals surface area contributed by atoms with Gasteiger partial charge in [0.2, 0.25) is 0 Å². The van der Waals surface area contributed by atoms with Gasteiger partial charge in [0.1, 0.15) is 16.7 Å². The Bertz CT molecular complexity index is 1250. The molecule has 13 heteroatoms. The normalized spacial score (nSPS) is 12.0. The van der Waals surface area contributed by atoms with E-state index in [1.807, 2.05) is 6.07 Å². The van der Waals surface area contributed by atoms with Crippen LogP contribution in [-0.4, -0.2) is 33.9 Å². The third kappa shape index (κ3) is 6.67. The number of nitro groups is 2. The molecule has 34 heavy (non-hydrogen) atoms. The number of amides is 2. The molecule has 1 aromatic carbocycles. The van der Waals surface area contributed by atoms with Crippen LogP contribution in [0.4, 0.5) is 10.9 Å². The van der Waals surface area contributed by atoms with Crippen LogP contribution in [0.2, 0.25) is 0 Å². The van der Waals surface area contributed by atoms with E-state index in [9.17, 15) is 29.8 Å². The standard InChI is InChI=1S/C21H17N5O7S/c27-20(24-22-12-4-7-15-8-10-18(33-15)25(29)30)16(13-14-5-2-1-3-6-14)23-21(28)17-9-11-19(34-17)26(31)32/h1-12,16H,13H2,(H,23,28)(H,24,27)/b7-4+,22-12+/t16-/m0/s1. The zero-order valence-corrected chi connectivity index (χ0v) is 18.1. The number of furan rings is 1. The van der Waals surface area contributed by atoms with Crippen LogP contribution in [0.25, 0.3) is 6.08 Å². The third-order valence-electron chi connectivity index (χ3n) is 4.29. The summed E-state index contributed by atoms with van der Waals surface area (Å²) in [5.74, 6) is -1.41. The number of carbonyl (C=O) groups is 2. The first-order valence-corrected chi connectivity index (χ1v) is 10.5. The molecule has 2 aromatic heterocycles. The van der Waals surface area contributed by atoms with Gasteiger partial charge in [-0.25, -0.2) is 5.43 Å². The first-order chi connectivity index (χ1) is 16.3. The van der Waals surface area contributed by atoms with Gasteiger partial charge in [0, 0.05) is 18.7 Å². The van der Waals surface area contributed by atoms with E-state index in [2.05, 4.69) is 15.8 Å². The molecular formula is C21H17N5O7S. The van der Waals surface area contributed by atoms with Gasteiger partial charge in [-0.1, -0.05) is 41.7 Å². The first-order valence-electron chi connectivity index (χ1n) is 9.66. The number of carbonyl (C=O) groups excluding carboxylic acids is 2. The second-order valence-corrected chi connectivity index (χ2v) is 7.72. The Morgan fingerprint density at radius 1 is 1.06 bits per heavy atom. The topological polar surface area (TPSA) is 170 Å². The van der Waals surface area contributed by atoms with Gasteiger partial charge in [-0.2, -0.15) is 5.10 Å². The van der Waals surface area contributed by atoms with E-state index in [1.165, 1.54) is 42.6 Å². The van der Waals surface area contributed by atoms with Gasteiger partial charge >= 0.3 is 10.9 Å². The van der Waals surface area contributed by atoms with Crippen LogP contribution in [0.15, 0.2) is 70.2 Å². The maximum Gasteiger partial charge on any atom is 0.433 e. The lowest BCUT2D eigenvalue weighted by atomic mass is 10.1. The van der Waals surface area contributed by atoms with E-state index in [0.717, 1.165) is 5.56 Å². The summed E-state index contributed by atoms with van der Waals surface area (Å²) < 4.78 is 4.96. The largest absolute Gasteiger partial charge is 0.433 e. The van der Waals surface area contributed by atoms with Crippen molar-refractivity contribution in [2.75, 3.05) is 0 Å². The molecule has 0 spiro atoms. The van der Waals surface area contributed by atoms with Crippen molar-refractivity contribution in [3.05, 3.63) is 97.1 Å². The Balaban J connectivity index is 1.65. The van der Waals surface area contributed by atoms with Crippen LogP contribution in [-0.2, 0) is 11.2 Å². The number of hydrogen-bond acceptors (Lipinski definition) is 9. The van der Waals surface area contributed by atoms with Gasteiger partial charge in [0.15, 0.2) is 0 Å². The van der Waals surface area contributed by atoms with Crippen LogP contribution < -0.4 is 10.7 Å². The minimum atomic E-state index is -1.01. The molecule has 3 aromatic rings. The second-order valence-electron chi connectivity index (χ2n) is 6.66. The Morgan fingerprint density at radius 2 is 1.82 bits per heavy atom. The lowest BCUT2D eigenvalue weighted by Gasteiger charge is -2.16. The molecule has 0 unspecified atom stereocenters. The van der Waals surface area contributed by atoms with Crippen molar-refractivity contribution in [3.8, 4) is 0 Å². The summed E-state index contributed by atoms with van der Waals surface area (Å²) in [4.78, 5) is 45.5. The molecule has 0 aliphatic rings. The lowest BCUT2D eigenvalue weighted by molar-refractivity contribution is -0.402. The Kier molecular flexibility index (Phi) is 7.97. The quantitative estimate of drug-likeness (QED) is 0.253. The highest BCUT2D eigenvalue weighted by Gasteiger charge is 2.24. The van der Waals surface area contributed by atoms with Gasteiger partial charge < -0.3 is 9.73 Å². The second kappa shape index (κ2) is 11.3. The van der Waals surface area contributed by atoms with Gasteiger partial charge in [0.25, 0.3) is 11.8 Å². The smallest absolute Gasteiger partial charge is 0.401 e. The van der Waals surface area contributed by atoms with Crippen molar-refractivity contribution in [2.45, 2.75) is 12.5 Å². The monoisotopic (exact) mass is 483 g/mol. The van der Waals surface area contributed by atoms with Gasteiger partial charge in [-0.15, -0.1) is 0 Å². The van der Waals surface area contributed by atoms with E-state index in [4.69, 9.17) is 4.42 Å². The van der Waals surface area contributed by atoms with Crippen LogP contribution in [0.5, 0.6) is 0 Å². The number of thiophene rings is 1. The number of hydrogen-bond donors (Lipinski definition) is 2. The van der Waals surface area contributed by atoms with Crippen molar-refractivity contribution in [1.29, 1.82) is 0 Å². The zero-order valence-electron chi connectivity index (χ0n) is 17.3. The minimum Gasteiger partial charge on any atom is -0.401 e. The number of hydrazone groups is 1. The van der Waals surface area contributed by atoms with Crippen molar-refractivity contribution >= 4 is 46.3 Å². The number of rotatable bonds is 10. The molecule has 0 bridgehead atoms. The molecular weight excluding hydrogens is 466 g/mol. The average Bonchev–Trinajstić information content (AvgIpc) is 3.49. The van der Waals surface area contributed by atoms with Crippen molar-refractivity contribution < 1.29 is 23.9 Å². The summed E-state index contributed by atoms with van der Waals surface area (Å²) in [6, 6.07) is 13.1. The number of benzene rings is 1. The first kappa shape index (κ1) is 24.0. The highest BCUT2D eigenvalue weighted by molar-refractivity contribution is 7.17. The van der Waals surface area contributed by atoms with E-state index in [0.29, 0.717) is 11.3 Å². The molecule has 2 amide bonds. The summed E-state index contributed by atoms with van der Waals surface area (Å²) in [7, 11) is 0. The van der Waals surface area contributed by atoms with Crippen LogP contribution >= 0.6 is 11.3 Å². The molecule has 1 atom stereocenters. The molecule has 3 rings (SSSR count). The zero-order chi connectivity index (χ0) is 24.5. The fourth-order valence-corrected chi connectivity index (χ4v) is 3.45. The maximum absolute atomic E-state index is 12.7. The molecule has 0 saturated carbocycles. The van der Waals surface area contributed by atoms with Crippen molar-refractivity contribution in [2.24, 2.45) is 5.10 Å². The molecule has 12 nitrogen and oxygen atoms in total. The fourth-order valence-electron chi connectivity index (χ4n) is 2.73. The van der Waals surface area contributed by atoms with E-state index >= 15 is 0 Å². The summed E-state index contributed by atoms with van der Waals surface area (Å²) in [5.41, 5.74) is 3.09. The van der Waals surface area contributed by atoms with Crippen molar-refractivity contribution in [1.82, 2.24) is 10.7 Å². The number of allylic oxidation sites excluding steroid dienone is 1. The Labute approximate surface area is 195 Å². The fraction of sp³-hybridized carbons (Fsp3) is 0.0952. The molecule has 0 radical (unpaired) electrons. The van der Waals surface area contributed by atoms with Crippen LogP contribution in [0.3, 0.4) is 0 Å². The lowest BCUT2D eigenvalue weighted by Crippen LogP contribution is -2.46. The van der Waals surface area contributed by atoms with E-state index in [-0.39, 0.29) is 22.1 Å². The molecule has 2 heterocycles. The third-order valence-corrected chi connectivity index (χ3v) is 5.32. The molecule has 0 aliphatic heterocycles. The Hall–Kier alpha value is -4.65. The van der Waals surface area contributed by atoms with Crippen molar-refractivity contribution in [3.63, 3.8) is 0 Å². The predicted octanol–water partition coefficient (Wildman–Crippen LogP) is 3.31. The summed E-state index contributed by atoms with van der Waals surface area (Å²) >= 11 is 0.702. The maximum atomic E-state index is 12.7. The highest BCUT2D eigenvalue weighted by Crippen LogP contribution is 2.24. The van der Waals surface area contributed by atoms with Gasteiger partial charge in [-0.3, -0.25) is 29.8 Å². The summed E-state index contributed by atoms with van der Waals surface area (Å²) in [6.07, 6.45) is 4.21. The van der Waals surface area contributed by atoms with Crippen LogP contribution in [0, 0.1) is 20.2 Å². The molecule has 2 N–H and O–H groups in total. The SMILES string of the molecule is O=C(N[C@@H](Cc1ccccc1)C(=O)N/N=C/C=C/c1ccc([N+](=O)[O-])o1)c1ccc([N+](=O)[O-])s1. The minimum absolute atomic E-state index is 0.0940. The summed E-state index contributed by atoms with van der Waals surface area (Å²) in [5, 5.41) is 27.6. The Morgan fingerprint density at radius 3 is 2.47 bits per heavy atom. The predicted molar refractivity (Wildman–Crippen MR) is 123 cm³/mol. The average molecular weight is 483 g/mol. The summed E-state index contributed by atoms with van der Waals surface area (Å²) in [6.45, 7) is 0. The molecule has 0 saturated heterocycles.